The van der Waals surface area contributed by atoms with Crippen LogP contribution in [0.5, 0.6) is 0 Å². The topological polar surface area (TPSA) is 12.0 Å². The Morgan fingerprint density at radius 2 is 1.40 bits per heavy atom. The van der Waals surface area contributed by atoms with Gasteiger partial charge in [-0.05, 0) is 49.3 Å². The molecule has 1 heterocycles. The molecule has 20 heavy (non-hydrogen) atoms. The molecule has 1 heteroatoms. The first-order valence-electron chi connectivity index (χ1n) is 7.71. The molecule has 3 rings (SSSR count). The van der Waals surface area contributed by atoms with Crippen molar-refractivity contribution in [1.29, 1.82) is 0 Å². The van der Waals surface area contributed by atoms with Crippen LogP contribution in [0.15, 0.2) is 60.7 Å². The van der Waals surface area contributed by atoms with Crippen LogP contribution in [0.1, 0.15) is 24.0 Å². The van der Waals surface area contributed by atoms with Gasteiger partial charge in [-0.25, -0.2) is 0 Å². The summed E-state index contributed by atoms with van der Waals surface area (Å²) in [6.45, 7) is 1.16. The van der Waals surface area contributed by atoms with Gasteiger partial charge in [0.05, 0.1) is 0 Å². The molecule has 0 saturated carbocycles. The highest BCUT2D eigenvalue weighted by Gasteiger charge is 2.21. The summed E-state index contributed by atoms with van der Waals surface area (Å²) < 4.78 is 0. The molecular formula is C19H23N. The molecule has 1 N–H and O–H groups in total. The maximum atomic E-state index is 3.68. The Kier molecular flexibility index (Phi) is 4.49. The molecule has 2 aromatic carbocycles. The van der Waals surface area contributed by atoms with E-state index in [1.54, 1.807) is 0 Å². The van der Waals surface area contributed by atoms with E-state index in [0.717, 1.165) is 18.9 Å². The first-order chi connectivity index (χ1) is 9.90. The first kappa shape index (κ1) is 13.4. The maximum absolute atomic E-state index is 3.68. The van der Waals surface area contributed by atoms with Crippen LogP contribution in [0.2, 0.25) is 0 Å². The van der Waals surface area contributed by atoms with Crippen molar-refractivity contribution in [1.82, 2.24) is 5.32 Å². The van der Waals surface area contributed by atoms with Crippen LogP contribution in [0.4, 0.5) is 0 Å². The van der Waals surface area contributed by atoms with Crippen molar-refractivity contribution in [2.45, 2.75) is 31.7 Å². The minimum absolute atomic E-state index is 0.639. The fourth-order valence-electron chi connectivity index (χ4n) is 3.28. The van der Waals surface area contributed by atoms with Crippen molar-refractivity contribution in [2.75, 3.05) is 6.54 Å². The van der Waals surface area contributed by atoms with E-state index < -0.39 is 0 Å². The third kappa shape index (κ3) is 3.71. The van der Waals surface area contributed by atoms with Gasteiger partial charge in [0, 0.05) is 6.04 Å². The predicted molar refractivity (Wildman–Crippen MR) is 84.8 cm³/mol. The summed E-state index contributed by atoms with van der Waals surface area (Å²) >= 11 is 0. The molecule has 0 aliphatic carbocycles. The van der Waals surface area contributed by atoms with Gasteiger partial charge in [-0.3, -0.25) is 0 Å². The van der Waals surface area contributed by atoms with Gasteiger partial charge in [-0.2, -0.15) is 0 Å². The average molecular weight is 265 g/mol. The van der Waals surface area contributed by atoms with Gasteiger partial charge >= 0.3 is 0 Å². The SMILES string of the molecule is c1ccc(CC2CCNC(Cc3ccccc3)C2)cc1. The summed E-state index contributed by atoms with van der Waals surface area (Å²) in [5, 5.41) is 3.68. The fourth-order valence-corrected chi connectivity index (χ4v) is 3.28. The Morgan fingerprint density at radius 1 is 0.800 bits per heavy atom. The van der Waals surface area contributed by atoms with E-state index in [2.05, 4.69) is 66.0 Å². The largest absolute Gasteiger partial charge is 0.314 e. The Balaban J connectivity index is 1.57. The summed E-state index contributed by atoms with van der Waals surface area (Å²) in [5.74, 6) is 0.826. The smallest absolute Gasteiger partial charge is 0.0110 e. The minimum Gasteiger partial charge on any atom is -0.314 e. The number of benzene rings is 2. The Hall–Kier alpha value is -1.60. The van der Waals surface area contributed by atoms with Crippen molar-refractivity contribution < 1.29 is 0 Å². The first-order valence-corrected chi connectivity index (χ1v) is 7.71. The van der Waals surface area contributed by atoms with Crippen molar-refractivity contribution >= 4 is 0 Å². The Morgan fingerprint density at radius 3 is 2.05 bits per heavy atom. The van der Waals surface area contributed by atoms with Gasteiger partial charge in [0.25, 0.3) is 0 Å². The average Bonchev–Trinajstić information content (AvgIpc) is 2.50. The zero-order valence-corrected chi connectivity index (χ0v) is 12.0. The van der Waals surface area contributed by atoms with E-state index >= 15 is 0 Å². The van der Waals surface area contributed by atoms with Gasteiger partial charge < -0.3 is 5.32 Å². The van der Waals surface area contributed by atoms with Crippen LogP contribution in [0, 0.1) is 5.92 Å². The normalized spacial score (nSPS) is 22.6. The molecular weight excluding hydrogens is 242 g/mol. The summed E-state index contributed by atoms with van der Waals surface area (Å²) in [5.41, 5.74) is 2.93. The Labute approximate surface area is 122 Å². The van der Waals surface area contributed by atoms with E-state index in [1.807, 2.05) is 0 Å². The lowest BCUT2D eigenvalue weighted by atomic mass is 9.85. The molecule has 0 radical (unpaired) electrons. The summed E-state index contributed by atoms with van der Waals surface area (Å²) in [6.07, 6.45) is 4.99. The molecule has 0 bridgehead atoms. The van der Waals surface area contributed by atoms with Gasteiger partial charge in [0.1, 0.15) is 0 Å². The third-order valence-electron chi connectivity index (χ3n) is 4.30. The van der Waals surface area contributed by atoms with Crippen LogP contribution in [-0.4, -0.2) is 12.6 Å². The lowest BCUT2D eigenvalue weighted by Gasteiger charge is -2.30. The minimum atomic E-state index is 0.639. The molecule has 0 amide bonds. The number of piperidine rings is 1. The molecule has 2 unspecified atom stereocenters. The third-order valence-corrected chi connectivity index (χ3v) is 4.30. The number of rotatable bonds is 4. The van der Waals surface area contributed by atoms with Gasteiger partial charge in [0.15, 0.2) is 0 Å². The molecule has 104 valence electrons. The highest BCUT2D eigenvalue weighted by atomic mass is 14.9. The number of hydrogen-bond donors (Lipinski definition) is 1. The van der Waals surface area contributed by atoms with E-state index in [0.29, 0.717) is 6.04 Å². The van der Waals surface area contributed by atoms with Crippen LogP contribution in [0.3, 0.4) is 0 Å². The molecule has 1 aliphatic heterocycles. The van der Waals surface area contributed by atoms with Gasteiger partial charge in [-0.1, -0.05) is 60.7 Å². The molecule has 1 saturated heterocycles. The summed E-state index contributed by atoms with van der Waals surface area (Å²) in [6, 6.07) is 22.4. The van der Waals surface area contributed by atoms with Crippen molar-refractivity contribution in [3.63, 3.8) is 0 Å². The van der Waals surface area contributed by atoms with Crippen LogP contribution in [-0.2, 0) is 12.8 Å². The number of nitrogens with one attached hydrogen (secondary N) is 1. The van der Waals surface area contributed by atoms with Crippen molar-refractivity contribution in [3.05, 3.63) is 71.8 Å². The lowest BCUT2D eigenvalue weighted by Crippen LogP contribution is -2.40. The molecule has 2 atom stereocenters. The summed E-state index contributed by atoms with van der Waals surface area (Å²) in [4.78, 5) is 0. The maximum Gasteiger partial charge on any atom is 0.0110 e. The van der Waals surface area contributed by atoms with Crippen LogP contribution < -0.4 is 5.32 Å². The lowest BCUT2D eigenvalue weighted by molar-refractivity contribution is 0.299. The van der Waals surface area contributed by atoms with Crippen LogP contribution >= 0.6 is 0 Å². The van der Waals surface area contributed by atoms with E-state index in [-0.39, 0.29) is 0 Å². The zero-order valence-electron chi connectivity index (χ0n) is 12.0. The molecule has 0 aromatic heterocycles. The van der Waals surface area contributed by atoms with Gasteiger partial charge in [0.2, 0.25) is 0 Å². The highest BCUT2D eigenvalue weighted by molar-refractivity contribution is 5.17. The van der Waals surface area contributed by atoms with E-state index in [9.17, 15) is 0 Å². The van der Waals surface area contributed by atoms with Crippen molar-refractivity contribution in [3.8, 4) is 0 Å². The second-order valence-corrected chi connectivity index (χ2v) is 5.92. The van der Waals surface area contributed by atoms with E-state index in [1.165, 1.54) is 30.4 Å². The highest BCUT2D eigenvalue weighted by Crippen LogP contribution is 2.22. The number of hydrogen-bond acceptors (Lipinski definition) is 1. The quantitative estimate of drug-likeness (QED) is 0.885. The standard InChI is InChI=1S/C19H23N/c1-3-7-16(8-4-1)13-18-11-12-20-19(15-18)14-17-9-5-2-6-10-17/h1-10,18-20H,11-15H2. The molecule has 1 fully saturated rings. The molecule has 0 spiro atoms. The second kappa shape index (κ2) is 6.71. The van der Waals surface area contributed by atoms with E-state index in [4.69, 9.17) is 0 Å². The second-order valence-electron chi connectivity index (χ2n) is 5.92. The fraction of sp³-hybridized carbons (Fsp3) is 0.368. The molecule has 2 aromatic rings. The van der Waals surface area contributed by atoms with Gasteiger partial charge in [-0.15, -0.1) is 0 Å². The van der Waals surface area contributed by atoms with Crippen molar-refractivity contribution in [2.24, 2.45) is 5.92 Å². The van der Waals surface area contributed by atoms with Crippen LogP contribution in [0.25, 0.3) is 0 Å². The summed E-state index contributed by atoms with van der Waals surface area (Å²) in [7, 11) is 0. The molecule has 1 nitrogen and oxygen atoms in total. The molecule has 1 aliphatic rings. The Bertz CT molecular complexity index is 458. The zero-order chi connectivity index (χ0) is 13.6. The predicted octanol–water partition coefficient (Wildman–Crippen LogP) is 3.84. The monoisotopic (exact) mass is 265 g/mol.